The Bertz CT molecular complexity index is 546. The van der Waals surface area contributed by atoms with E-state index in [-0.39, 0.29) is 35.9 Å². The topological polar surface area (TPSA) is 59.5 Å². The van der Waals surface area contributed by atoms with Crippen LogP contribution >= 0.6 is 15.9 Å². The summed E-state index contributed by atoms with van der Waals surface area (Å²) in [6.45, 7) is 0. The molecule has 3 fully saturated rings. The van der Waals surface area contributed by atoms with Gasteiger partial charge in [-0.2, -0.15) is 0 Å². The van der Waals surface area contributed by atoms with E-state index < -0.39 is 0 Å². The lowest BCUT2D eigenvalue weighted by Gasteiger charge is -2.16. The summed E-state index contributed by atoms with van der Waals surface area (Å²) in [6.07, 6.45) is 3.20. The second-order valence-corrected chi connectivity index (χ2v) is 6.10. The Morgan fingerprint density at radius 1 is 1.16 bits per heavy atom. The predicted molar refractivity (Wildman–Crippen MR) is 69.3 cm³/mol. The van der Waals surface area contributed by atoms with Crippen molar-refractivity contribution in [1.82, 2.24) is 4.98 Å². The molecule has 4 heterocycles. The molecule has 6 heteroatoms. The standard InChI is InChI=1S/C13H11BrN2O3/c14-6-1-4-9(15-5-6)16-12(17)10-7-2-3-8(19-7)11(10)13(16)18/h1,4-5,7-8,10-11H,2-3H2/t7-,8-,10-,11+/m1/s1. The van der Waals surface area contributed by atoms with Crippen molar-refractivity contribution in [2.24, 2.45) is 11.8 Å². The van der Waals surface area contributed by atoms with E-state index in [4.69, 9.17) is 4.74 Å². The number of carbonyl (C=O) groups is 2. The highest BCUT2D eigenvalue weighted by molar-refractivity contribution is 9.10. The van der Waals surface area contributed by atoms with Crippen LogP contribution in [0, 0.1) is 11.8 Å². The quantitative estimate of drug-likeness (QED) is 0.735. The van der Waals surface area contributed by atoms with Gasteiger partial charge in [0.1, 0.15) is 5.82 Å². The molecule has 0 aliphatic carbocycles. The zero-order chi connectivity index (χ0) is 13.1. The summed E-state index contributed by atoms with van der Waals surface area (Å²) in [5, 5.41) is 0. The summed E-state index contributed by atoms with van der Waals surface area (Å²) >= 11 is 3.29. The number of hydrogen-bond donors (Lipinski definition) is 0. The molecule has 1 aromatic rings. The van der Waals surface area contributed by atoms with Crippen LogP contribution in [0.15, 0.2) is 22.8 Å². The van der Waals surface area contributed by atoms with Gasteiger partial charge in [0.05, 0.1) is 24.0 Å². The van der Waals surface area contributed by atoms with Crippen molar-refractivity contribution in [3.05, 3.63) is 22.8 Å². The first-order chi connectivity index (χ1) is 9.16. The maximum absolute atomic E-state index is 12.4. The minimum atomic E-state index is -0.295. The fraction of sp³-hybridized carbons (Fsp3) is 0.462. The van der Waals surface area contributed by atoms with Crippen molar-refractivity contribution >= 4 is 33.6 Å². The van der Waals surface area contributed by atoms with Gasteiger partial charge in [-0.05, 0) is 40.9 Å². The third-order valence-corrected chi connectivity index (χ3v) is 4.69. The van der Waals surface area contributed by atoms with E-state index in [1.165, 1.54) is 4.90 Å². The zero-order valence-corrected chi connectivity index (χ0v) is 11.5. The monoisotopic (exact) mass is 322 g/mol. The highest BCUT2D eigenvalue weighted by Crippen LogP contribution is 2.49. The van der Waals surface area contributed by atoms with Crippen molar-refractivity contribution < 1.29 is 14.3 Å². The van der Waals surface area contributed by atoms with Gasteiger partial charge in [-0.25, -0.2) is 9.88 Å². The van der Waals surface area contributed by atoms with Crippen molar-refractivity contribution in [3.8, 4) is 0 Å². The minimum absolute atomic E-state index is 0.0769. The van der Waals surface area contributed by atoms with Crippen LogP contribution < -0.4 is 4.90 Å². The average Bonchev–Trinajstić information content (AvgIpc) is 3.06. The van der Waals surface area contributed by atoms with Gasteiger partial charge in [-0.3, -0.25) is 9.59 Å². The number of aromatic nitrogens is 1. The number of fused-ring (bicyclic) bond motifs is 5. The van der Waals surface area contributed by atoms with Crippen LogP contribution in [0.2, 0.25) is 0 Å². The summed E-state index contributed by atoms with van der Waals surface area (Å²) < 4.78 is 6.51. The van der Waals surface area contributed by atoms with Crippen LogP contribution in [0.1, 0.15) is 12.8 Å². The maximum atomic E-state index is 12.4. The second kappa shape index (κ2) is 3.86. The molecule has 2 bridgehead atoms. The number of amides is 2. The number of nitrogens with zero attached hydrogens (tertiary/aromatic N) is 2. The first-order valence-corrected chi connectivity index (χ1v) is 7.11. The number of carbonyl (C=O) groups excluding carboxylic acids is 2. The van der Waals surface area contributed by atoms with Crippen LogP contribution in [-0.2, 0) is 14.3 Å². The molecule has 0 unspecified atom stereocenters. The van der Waals surface area contributed by atoms with Crippen LogP contribution in [0.5, 0.6) is 0 Å². The fourth-order valence-corrected chi connectivity index (χ4v) is 3.67. The number of imide groups is 1. The van der Waals surface area contributed by atoms with Gasteiger partial charge >= 0.3 is 0 Å². The second-order valence-electron chi connectivity index (χ2n) is 5.19. The summed E-state index contributed by atoms with van der Waals surface area (Å²) in [6, 6.07) is 3.46. The molecule has 0 spiro atoms. The van der Waals surface area contributed by atoms with Gasteiger partial charge < -0.3 is 4.74 Å². The lowest BCUT2D eigenvalue weighted by Crippen LogP contribution is -2.34. The molecule has 2 amide bonds. The number of halogens is 1. The van der Waals surface area contributed by atoms with Crippen LogP contribution in [0.25, 0.3) is 0 Å². The highest BCUT2D eigenvalue weighted by atomic mass is 79.9. The molecule has 98 valence electrons. The van der Waals surface area contributed by atoms with E-state index >= 15 is 0 Å². The Hall–Kier alpha value is -1.27. The SMILES string of the molecule is O=C1[C@@H]2[C@H](C(=O)N1c1ccc(Br)cn1)[C@H]1CC[C@H]2O1. The molecular weight excluding hydrogens is 312 g/mol. The number of rotatable bonds is 1. The van der Waals surface area contributed by atoms with Crippen LogP contribution in [0.4, 0.5) is 5.82 Å². The van der Waals surface area contributed by atoms with E-state index in [1.54, 1.807) is 18.3 Å². The molecule has 4 rings (SSSR count). The predicted octanol–water partition coefficient (Wildman–Crippen LogP) is 1.51. The smallest absolute Gasteiger partial charge is 0.241 e. The molecule has 5 nitrogen and oxygen atoms in total. The normalized spacial score (nSPS) is 36.2. The molecule has 3 aliphatic rings. The van der Waals surface area contributed by atoms with Crippen molar-refractivity contribution in [2.45, 2.75) is 25.0 Å². The first kappa shape index (κ1) is 11.5. The number of pyridine rings is 1. The summed E-state index contributed by atoms with van der Waals surface area (Å²) in [7, 11) is 0. The molecule has 3 saturated heterocycles. The number of ether oxygens (including phenoxy) is 1. The highest BCUT2D eigenvalue weighted by Gasteiger charge is 2.62. The number of anilines is 1. The zero-order valence-electron chi connectivity index (χ0n) is 9.95. The maximum Gasteiger partial charge on any atom is 0.241 e. The van der Waals surface area contributed by atoms with Gasteiger partial charge in [0, 0.05) is 10.7 Å². The summed E-state index contributed by atoms with van der Waals surface area (Å²) in [5.74, 6) is -0.491. The van der Waals surface area contributed by atoms with Gasteiger partial charge in [-0.1, -0.05) is 0 Å². The van der Waals surface area contributed by atoms with Gasteiger partial charge in [0.15, 0.2) is 0 Å². The molecule has 4 atom stereocenters. The average molecular weight is 323 g/mol. The fourth-order valence-electron chi connectivity index (χ4n) is 3.44. The van der Waals surface area contributed by atoms with E-state index in [2.05, 4.69) is 20.9 Å². The van der Waals surface area contributed by atoms with E-state index in [1.807, 2.05) is 0 Å². The molecular formula is C13H11BrN2O3. The summed E-state index contributed by atoms with van der Waals surface area (Å²) in [4.78, 5) is 30.3. The van der Waals surface area contributed by atoms with Gasteiger partial charge in [-0.15, -0.1) is 0 Å². The van der Waals surface area contributed by atoms with Crippen LogP contribution in [-0.4, -0.2) is 29.0 Å². The van der Waals surface area contributed by atoms with Crippen molar-refractivity contribution in [2.75, 3.05) is 4.90 Å². The van der Waals surface area contributed by atoms with Crippen LogP contribution in [0.3, 0.4) is 0 Å². The molecule has 0 aromatic carbocycles. The van der Waals surface area contributed by atoms with E-state index in [0.29, 0.717) is 5.82 Å². The summed E-state index contributed by atoms with van der Waals surface area (Å²) in [5.41, 5.74) is 0. The Balaban J connectivity index is 1.73. The van der Waals surface area contributed by atoms with E-state index in [9.17, 15) is 9.59 Å². The minimum Gasteiger partial charge on any atom is -0.373 e. The van der Waals surface area contributed by atoms with Gasteiger partial charge in [0.25, 0.3) is 0 Å². The molecule has 0 saturated carbocycles. The van der Waals surface area contributed by atoms with Gasteiger partial charge in [0.2, 0.25) is 11.8 Å². The van der Waals surface area contributed by atoms with E-state index in [0.717, 1.165) is 17.3 Å². The molecule has 19 heavy (non-hydrogen) atoms. The van der Waals surface area contributed by atoms with Crippen molar-refractivity contribution in [1.29, 1.82) is 0 Å². The molecule has 1 aromatic heterocycles. The van der Waals surface area contributed by atoms with Crippen molar-refractivity contribution in [3.63, 3.8) is 0 Å². The largest absolute Gasteiger partial charge is 0.373 e. The molecule has 3 aliphatic heterocycles. The molecule has 0 N–H and O–H groups in total. The lowest BCUT2D eigenvalue weighted by molar-refractivity contribution is -0.124. The first-order valence-electron chi connectivity index (χ1n) is 6.31. The lowest BCUT2D eigenvalue weighted by atomic mass is 9.81. The Labute approximate surface area is 118 Å². The Kier molecular flexibility index (Phi) is 2.35. The molecule has 0 radical (unpaired) electrons. The third kappa shape index (κ3) is 1.47. The number of hydrogen-bond acceptors (Lipinski definition) is 4. The Morgan fingerprint density at radius 2 is 1.79 bits per heavy atom. The Morgan fingerprint density at radius 3 is 2.32 bits per heavy atom. The third-order valence-electron chi connectivity index (χ3n) is 4.23.